The van der Waals surface area contributed by atoms with Crippen LogP contribution in [0.15, 0.2) is 23.8 Å². The second-order valence-corrected chi connectivity index (χ2v) is 5.90. The Morgan fingerprint density at radius 2 is 2.06 bits per heavy atom. The normalized spacial score (nSPS) is 40.8. The van der Waals surface area contributed by atoms with Gasteiger partial charge in [-0.15, -0.1) is 0 Å². The molecule has 2 nitrogen and oxygen atoms in total. The lowest BCUT2D eigenvalue weighted by molar-refractivity contribution is 0.0909. The second-order valence-electron chi connectivity index (χ2n) is 5.90. The summed E-state index contributed by atoms with van der Waals surface area (Å²) in [5.74, 6) is 0.493. The molecule has 0 aromatic rings. The number of aliphatic hydroxyl groups is 2. The zero-order valence-electron chi connectivity index (χ0n) is 11.5. The molecule has 0 bridgehead atoms. The quantitative estimate of drug-likeness (QED) is 0.689. The van der Waals surface area contributed by atoms with Crippen molar-refractivity contribution in [1.29, 1.82) is 0 Å². The van der Waals surface area contributed by atoms with Crippen molar-refractivity contribution >= 4 is 0 Å². The number of rotatable bonds is 1. The van der Waals surface area contributed by atoms with E-state index < -0.39 is 5.60 Å². The van der Waals surface area contributed by atoms with Gasteiger partial charge in [0.1, 0.15) is 0 Å². The maximum Gasteiger partial charge on any atom is 0.0802 e. The molecule has 0 spiro atoms. The molecule has 0 saturated heterocycles. The van der Waals surface area contributed by atoms with Crippen LogP contribution in [0.3, 0.4) is 0 Å². The summed E-state index contributed by atoms with van der Waals surface area (Å²) in [5.41, 5.74) is 0.454. The molecule has 1 aliphatic carbocycles. The van der Waals surface area contributed by atoms with Crippen molar-refractivity contribution < 1.29 is 10.2 Å². The van der Waals surface area contributed by atoms with Gasteiger partial charge in [0.05, 0.1) is 11.7 Å². The van der Waals surface area contributed by atoms with Gasteiger partial charge in [-0.1, -0.05) is 37.6 Å². The van der Waals surface area contributed by atoms with Crippen molar-refractivity contribution in [1.82, 2.24) is 0 Å². The first-order valence-electron chi connectivity index (χ1n) is 6.57. The lowest BCUT2D eigenvalue weighted by Crippen LogP contribution is -2.27. The summed E-state index contributed by atoms with van der Waals surface area (Å²) in [6.45, 7) is 8.11. The third-order valence-corrected chi connectivity index (χ3v) is 3.57. The Morgan fingerprint density at radius 1 is 1.41 bits per heavy atom. The largest absolute Gasteiger partial charge is 0.392 e. The van der Waals surface area contributed by atoms with Crippen LogP contribution in [0, 0.1) is 11.8 Å². The highest BCUT2D eigenvalue weighted by Crippen LogP contribution is 2.26. The fourth-order valence-corrected chi connectivity index (χ4v) is 2.36. The van der Waals surface area contributed by atoms with Gasteiger partial charge in [0.25, 0.3) is 0 Å². The molecule has 3 unspecified atom stereocenters. The number of allylic oxidation sites excluding steroid dienone is 1. The summed E-state index contributed by atoms with van der Waals surface area (Å²) < 4.78 is 0. The average Bonchev–Trinajstić information content (AvgIpc) is 2.15. The van der Waals surface area contributed by atoms with E-state index in [0.717, 1.165) is 19.3 Å². The van der Waals surface area contributed by atoms with E-state index in [9.17, 15) is 10.2 Å². The molecular formula is C15H26O2. The van der Waals surface area contributed by atoms with E-state index in [4.69, 9.17) is 0 Å². The maximum absolute atomic E-state index is 10.2. The molecule has 0 heterocycles. The molecule has 0 radical (unpaired) electrons. The summed E-state index contributed by atoms with van der Waals surface area (Å²) in [6, 6.07) is 0. The molecule has 1 aliphatic rings. The van der Waals surface area contributed by atoms with Gasteiger partial charge < -0.3 is 10.2 Å². The fourth-order valence-electron chi connectivity index (χ4n) is 2.36. The van der Waals surface area contributed by atoms with Crippen molar-refractivity contribution in [3.05, 3.63) is 23.8 Å². The van der Waals surface area contributed by atoms with Crippen molar-refractivity contribution in [3.63, 3.8) is 0 Å². The minimum absolute atomic E-state index is 0.114. The number of hydrogen-bond donors (Lipinski definition) is 2. The smallest absolute Gasteiger partial charge is 0.0802 e. The van der Waals surface area contributed by atoms with E-state index in [1.54, 1.807) is 0 Å². The maximum atomic E-state index is 10.2. The minimum Gasteiger partial charge on any atom is -0.392 e. The van der Waals surface area contributed by atoms with E-state index in [1.165, 1.54) is 5.57 Å². The van der Waals surface area contributed by atoms with Gasteiger partial charge in [-0.2, -0.15) is 0 Å². The lowest BCUT2D eigenvalue weighted by atomic mass is 9.84. The predicted molar refractivity (Wildman–Crippen MR) is 71.7 cm³/mol. The molecule has 0 saturated carbocycles. The molecule has 2 N–H and O–H groups in total. The average molecular weight is 238 g/mol. The topological polar surface area (TPSA) is 40.5 Å². The fraction of sp³-hybridized carbons (Fsp3) is 0.733. The highest BCUT2D eigenvalue weighted by atomic mass is 16.3. The van der Waals surface area contributed by atoms with Gasteiger partial charge in [-0.05, 0) is 39.0 Å². The predicted octanol–water partition coefficient (Wildman–Crippen LogP) is 3.06. The van der Waals surface area contributed by atoms with Crippen molar-refractivity contribution in [2.24, 2.45) is 11.8 Å². The van der Waals surface area contributed by atoms with E-state index in [1.807, 2.05) is 19.1 Å². The number of hydrogen-bond acceptors (Lipinski definition) is 2. The van der Waals surface area contributed by atoms with Gasteiger partial charge in [0.2, 0.25) is 0 Å². The molecule has 2 heteroatoms. The number of aliphatic hydroxyl groups excluding tert-OH is 1. The SMILES string of the molecule is C/C1=C/CCC(C)(O)/C=C\C(C(C)C)C(O)C1. The van der Waals surface area contributed by atoms with Crippen LogP contribution in [-0.2, 0) is 0 Å². The van der Waals surface area contributed by atoms with Crippen LogP contribution in [0.5, 0.6) is 0 Å². The van der Waals surface area contributed by atoms with Gasteiger partial charge >= 0.3 is 0 Å². The highest BCUT2D eigenvalue weighted by Gasteiger charge is 2.23. The Balaban J connectivity index is 2.93. The van der Waals surface area contributed by atoms with Gasteiger partial charge in [-0.3, -0.25) is 0 Å². The zero-order chi connectivity index (χ0) is 13.1. The lowest BCUT2D eigenvalue weighted by Gasteiger charge is -2.27. The van der Waals surface area contributed by atoms with Gasteiger partial charge in [0, 0.05) is 5.92 Å². The molecule has 0 aliphatic heterocycles. The summed E-state index contributed by atoms with van der Waals surface area (Å²) in [4.78, 5) is 0. The van der Waals surface area contributed by atoms with E-state index in [-0.39, 0.29) is 12.0 Å². The Hall–Kier alpha value is -0.600. The minimum atomic E-state index is -0.763. The summed E-state index contributed by atoms with van der Waals surface area (Å²) in [5, 5.41) is 20.4. The van der Waals surface area contributed by atoms with Gasteiger partial charge in [0.15, 0.2) is 0 Å². The first-order valence-corrected chi connectivity index (χ1v) is 6.57. The monoisotopic (exact) mass is 238 g/mol. The molecule has 17 heavy (non-hydrogen) atoms. The van der Waals surface area contributed by atoms with E-state index >= 15 is 0 Å². The van der Waals surface area contributed by atoms with Crippen LogP contribution in [0.25, 0.3) is 0 Å². The van der Waals surface area contributed by atoms with Crippen molar-refractivity contribution in [2.75, 3.05) is 0 Å². The Morgan fingerprint density at radius 3 is 2.65 bits per heavy atom. The first kappa shape index (κ1) is 14.5. The van der Waals surface area contributed by atoms with Crippen LogP contribution in [0.2, 0.25) is 0 Å². The van der Waals surface area contributed by atoms with Crippen LogP contribution in [0.4, 0.5) is 0 Å². The molecule has 98 valence electrons. The van der Waals surface area contributed by atoms with E-state index in [2.05, 4.69) is 26.8 Å². The van der Waals surface area contributed by atoms with Crippen LogP contribution < -0.4 is 0 Å². The Bertz CT molecular complexity index is 300. The first-order chi connectivity index (χ1) is 7.82. The molecule has 0 aromatic carbocycles. The molecule has 0 fully saturated rings. The van der Waals surface area contributed by atoms with E-state index in [0.29, 0.717) is 5.92 Å². The molecule has 0 aromatic heterocycles. The molecule has 0 amide bonds. The summed E-state index contributed by atoms with van der Waals surface area (Å²) >= 11 is 0. The van der Waals surface area contributed by atoms with Crippen LogP contribution in [0.1, 0.15) is 47.0 Å². The Kier molecular flexibility index (Phi) is 4.96. The second kappa shape index (κ2) is 5.83. The van der Waals surface area contributed by atoms with Crippen LogP contribution in [-0.4, -0.2) is 21.9 Å². The van der Waals surface area contributed by atoms with Crippen molar-refractivity contribution in [2.45, 2.75) is 58.7 Å². The summed E-state index contributed by atoms with van der Waals surface area (Å²) in [6.07, 6.45) is 7.97. The van der Waals surface area contributed by atoms with Crippen LogP contribution >= 0.6 is 0 Å². The standard InChI is InChI=1S/C15H26O2/c1-11(2)13-7-9-15(4,17)8-5-6-12(3)10-14(13)16/h6-7,9,11,13-14,16-17H,5,8,10H2,1-4H3/b9-7-,12-6-. The molecule has 1 rings (SSSR count). The third kappa shape index (κ3) is 4.64. The third-order valence-electron chi connectivity index (χ3n) is 3.57. The molecular weight excluding hydrogens is 212 g/mol. The zero-order valence-corrected chi connectivity index (χ0v) is 11.5. The summed E-state index contributed by atoms with van der Waals surface area (Å²) in [7, 11) is 0. The molecule has 3 atom stereocenters. The highest BCUT2D eigenvalue weighted by molar-refractivity contribution is 5.09. The Labute approximate surface area is 105 Å². The van der Waals surface area contributed by atoms with Gasteiger partial charge in [-0.25, -0.2) is 0 Å². The van der Waals surface area contributed by atoms with Crippen molar-refractivity contribution in [3.8, 4) is 0 Å².